The third kappa shape index (κ3) is 2.86. The molecule has 0 amide bonds. The summed E-state index contributed by atoms with van der Waals surface area (Å²) < 4.78 is 12.5. The Morgan fingerprint density at radius 1 is 0.839 bits per heavy atom. The largest absolute Gasteiger partial charge is 0.488 e. The van der Waals surface area contributed by atoms with E-state index in [0.717, 1.165) is 74.3 Å². The molecule has 4 heterocycles. The van der Waals surface area contributed by atoms with Crippen molar-refractivity contribution in [1.29, 1.82) is 0 Å². The molecule has 2 aromatic carbocycles. The third-order valence-corrected chi connectivity index (χ3v) is 6.11. The average molecular weight is 412 g/mol. The van der Waals surface area contributed by atoms with Gasteiger partial charge in [-0.05, 0) is 24.3 Å². The number of imidazole rings is 2. The molecule has 2 aromatic heterocycles. The maximum atomic E-state index is 6.24. The van der Waals surface area contributed by atoms with Gasteiger partial charge in [-0.15, -0.1) is 0 Å². The second kappa shape index (κ2) is 6.74. The van der Waals surface area contributed by atoms with Crippen molar-refractivity contribution < 1.29 is 9.47 Å². The fourth-order valence-corrected chi connectivity index (χ4v) is 4.46. The molecular weight excluding hydrogens is 388 g/mol. The molecule has 31 heavy (non-hydrogen) atoms. The van der Waals surface area contributed by atoms with E-state index < -0.39 is 0 Å². The average Bonchev–Trinajstić information content (AvgIpc) is 3.47. The summed E-state index contributed by atoms with van der Waals surface area (Å²) in [4.78, 5) is 15.8. The Bertz CT molecular complexity index is 1260. The number of hydrogen-bond donors (Lipinski definition) is 2. The number of rotatable bonds is 4. The molecule has 0 atom stereocenters. The number of hydrogen-bond acceptors (Lipinski definition) is 4. The van der Waals surface area contributed by atoms with Gasteiger partial charge >= 0.3 is 0 Å². The molecule has 0 radical (unpaired) electrons. The highest BCUT2D eigenvalue weighted by Gasteiger charge is 2.30. The Hall–Kier alpha value is -3.54. The molecule has 0 bridgehead atoms. The molecule has 0 saturated heterocycles. The van der Waals surface area contributed by atoms with Crippen molar-refractivity contribution in [2.24, 2.45) is 0 Å². The number of benzene rings is 2. The van der Waals surface area contributed by atoms with Crippen LogP contribution in [0.25, 0.3) is 33.6 Å². The summed E-state index contributed by atoms with van der Waals surface area (Å²) >= 11 is 0. The van der Waals surface area contributed by atoms with E-state index in [9.17, 15) is 0 Å². The van der Waals surface area contributed by atoms with E-state index in [1.54, 1.807) is 0 Å². The number of nitrogens with zero attached hydrogens (tertiary/aromatic N) is 2. The lowest BCUT2D eigenvalue weighted by Crippen LogP contribution is -2.15. The van der Waals surface area contributed by atoms with Crippen LogP contribution in [-0.2, 0) is 19.6 Å². The van der Waals surface area contributed by atoms with Gasteiger partial charge in [0.2, 0.25) is 0 Å². The second-order valence-corrected chi connectivity index (χ2v) is 8.53. The summed E-state index contributed by atoms with van der Waals surface area (Å²) in [6, 6.07) is 8.60. The first-order chi connectivity index (χ1) is 15.1. The summed E-state index contributed by atoms with van der Waals surface area (Å²) in [5.41, 5.74) is 8.75. The molecule has 0 unspecified atom stereocenters. The van der Waals surface area contributed by atoms with Gasteiger partial charge in [-0.25, -0.2) is 9.97 Å². The maximum Gasteiger partial charge on any atom is 0.128 e. The summed E-state index contributed by atoms with van der Waals surface area (Å²) in [6.07, 6.45) is 4.67. The van der Waals surface area contributed by atoms with Gasteiger partial charge in [0, 0.05) is 45.7 Å². The fourth-order valence-electron chi connectivity index (χ4n) is 4.46. The highest BCUT2D eigenvalue weighted by atomic mass is 16.5. The van der Waals surface area contributed by atoms with Crippen LogP contribution in [0.1, 0.15) is 49.5 Å². The Morgan fingerprint density at radius 3 is 1.94 bits per heavy atom. The lowest BCUT2D eigenvalue weighted by molar-refractivity contribution is 0.278. The summed E-state index contributed by atoms with van der Waals surface area (Å²) in [5.74, 6) is 4.15. The lowest BCUT2D eigenvalue weighted by atomic mass is 9.87. The number of aryl methyl sites for hydroxylation is 1. The van der Waals surface area contributed by atoms with Crippen LogP contribution in [0.2, 0.25) is 0 Å². The monoisotopic (exact) mass is 412 g/mol. The number of ether oxygens (including phenoxy) is 2. The first kappa shape index (κ1) is 18.2. The minimum absolute atomic E-state index is 0.358. The van der Waals surface area contributed by atoms with Gasteiger partial charge in [-0.1, -0.05) is 20.8 Å². The third-order valence-electron chi connectivity index (χ3n) is 6.11. The van der Waals surface area contributed by atoms with Crippen LogP contribution in [0.4, 0.5) is 0 Å². The molecule has 2 aliphatic rings. The van der Waals surface area contributed by atoms with Crippen LogP contribution in [0.5, 0.6) is 11.5 Å². The molecule has 0 spiro atoms. The zero-order valence-electron chi connectivity index (χ0n) is 17.9. The normalized spacial score (nSPS) is 13.7. The Balaban J connectivity index is 1.45. The van der Waals surface area contributed by atoms with Crippen molar-refractivity contribution in [3.05, 3.63) is 59.4 Å². The molecular formula is C25H24N4O2. The van der Waals surface area contributed by atoms with E-state index in [2.05, 4.69) is 65.0 Å². The van der Waals surface area contributed by atoms with Crippen molar-refractivity contribution in [3.8, 4) is 45.1 Å². The van der Waals surface area contributed by atoms with Gasteiger partial charge in [0.1, 0.15) is 36.4 Å². The quantitative estimate of drug-likeness (QED) is 0.457. The molecule has 156 valence electrons. The van der Waals surface area contributed by atoms with Gasteiger partial charge in [0.15, 0.2) is 0 Å². The Labute approximate surface area is 180 Å². The number of aromatic amines is 2. The summed E-state index contributed by atoms with van der Waals surface area (Å²) in [7, 11) is 0. The fraction of sp³-hybridized carbons (Fsp3) is 0.280. The Morgan fingerprint density at radius 2 is 1.42 bits per heavy atom. The summed E-state index contributed by atoms with van der Waals surface area (Å²) in [5, 5.41) is 0. The lowest BCUT2D eigenvalue weighted by Gasteiger charge is -2.30. The zero-order chi connectivity index (χ0) is 21.1. The van der Waals surface area contributed by atoms with E-state index in [0.29, 0.717) is 19.1 Å². The van der Waals surface area contributed by atoms with E-state index in [4.69, 9.17) is 9.47 Å². The molecule has 0 fully saturated rings. The standard InChI is InChI=1S/C25H24N4O2/c1-4-22-26-9-18(28-22)14-5-16-11-31-21-8-15(19-10-27-25(29-19)13(2)3)6-17-12-30-20(7-14)23(16)24(17)21/h5-10,13H,4,11-12H2,1-3H3,(H,26,28)(H,27,29). The van der Waals surface area contributed by atoms with Gasteiger partial charge in [-0.3, -0.25) is 0 Å². The molecule has 2 aliphatic heterocycles. The highest BCUT2D eigenvalue weighted by molar-refractivity contribution is 5.88. The van der Waals surface area contributed by atoms with Crippen LogP contribution < -0.4 is 9.47 Å². The second-order valence-electron chi connectivity index (χ2n) is 8.53. The first-order valence-corrected chi connectivity index (χ1v) is 10.8. The predicted molar refractivity (Wildman–Crippen MR) is 119 cm³/mol. The van der Waals surface area contributed by atoms with Gasteiger partial charge < -0.3 is 19.4 Å². The molecule has 6 rings (SSSR count). The number of H-pyrrole nitrogens is 2. The molecule has 4 aromatic rings. The van der Waals surface area contributed by atoms with Gasteiger partial charge in [0.05, 0.1) is 23.8 Å². The van der Waals surface area contributed by atoms with Crippen molar-refractivity contribution in [2.75, 3.05) is 0 Å². The van der Waals surface area contributed by atoms with E-state index in [1.807, 2.05) is 12.4 Å². The van der Waals surface area contributed by atoms with Gasteiger partial charge in [-0.2, -0.15) is 0 Å². The zero-order valence-corrected chi connectivity index (χ0v) is 17.9. The molecule has 0 aliphatic carbocycles. The topological polar surface area (TPSA) is 75.8 Å². The van der Waals surface area contributed by atoms with Crippen LogP contribution in [-0.4, -0.2) is 19.9 Å². The first-order valence-electron chi connectivity index (χ1n) is 10.8. The van der Waals surface area contributed by atoms with Crippen LogP contribution >= 0.6 is 0 Å². The van der Waals surface area contributed by atoms with Crippen molar-refractivity contribution >= 4 is 0 Å². The van der Waals surface area contributed by atoms with Gasteiger partial charge in [0.25, 0.3) is 0 Å². The minimum Gasteiger partial charge on any atom is -0.488 e. The number of nitrogens with one attached hydrogen (secondary N) is 2. The van der Waals surface area contributed by atoms with Crippen molar-refractivity contribution in [2.45, 2.75) is 46.3 Å². The molecule has 6 heteroatoms. The SMILES string of the molecule is CCc1ncc(-c2cc3c4c(c2)OCc2cc(-c5cnc(C(C)C)[nH]5)cc(c2-4)OC3)[nH]1. The van der Waals surface area contributed by atoms with Crippen molar-refractivity contribution in [1.82, 2.24) is 19.9 Å². The molecule has 2 N–H and O–H groups in total. The maximum absolute atomic E-state index is 6.24. The van der Waals surface area contributed by atoms with Crippen LogP contribution in [0.3, 0.4) is 0 Å². The van der Waals surface area contributed by atoms with Crippen LogP contribution in [0, 0.1) is 0 Å². The summed E-state index contributed by atoms with van der Waals surface area (Å²) in [6.45, 7) is 7.40. The Kier molecular flexibility index (Phi) is 3.96. The van der Waals surface area contributed by atoms with Crippen LogP contribution in [0.15, 0.2) is 36.7 Å². The highest BCUT2D eigenvalue weighted by Crippen LogP contribution is 2.50. The molecule has 0 saturated carbocycles. The molecule has 6 nitrogen and oxygen atoms in total. The van der Waals surface area contributed by atoms with E-state index >= 15 is 0 Å². The van der Waals surface area contributed by atoms with E-state index in [1.165, 1.54) is 0 Å². The van der Waals surface area contributed by atoms with Crippen molar-refractivity contribution in [3.63, 3.8) is 0 Å². The predicted octanol–water partition coefficient (Wildman–Crippen LogP) is 5.60. The van der Waals surface area contributed by atoms with E-state index in [-0.39, 0.29) is 0 Å². The smallest absolute Gasteiger partial charge is 0.128 e. The minimum atomic E-state index is 0.358. The number of aromatic nitrogens is 4.